The van der Waals surface area contributed by atoms with E-state index < -0.39 is 11.9 Å². The summed E-state index contributed by atoms with van der Waals surface area (Å²) in [5.74, 6) is -0.198. The van der Waals surface area contributed by atoms with E-state index in [1.165, 1.54) is 19.2 Å². The number of ether oxygens (including phenoxy) is 1. The smallest absolute Gasteiger partial charge is 0.130 e. The van der Waals surface area contributed by atoms with Crippen molar-refractivity contribution < 1.29 is 14.2 Å². The van der Waals surface area contributed by atoms with Gasteiger partial charge in [-0.1, -0.05) is 35.3 Å². The summed E-state index contributed by atoms with van der Waals surface area (Å²) in [5, 5.41) is 10.9. The zero-order chi connectivity index (χ0) is 14.0. The molecule has 0 fully saturated rings. The molecular formula is C14H11Cl2FO2. The van der Waals surface area contributed by atoms with Gasteiger partial charge in [-0.3, -0.25) is 0 Å². The molecule has 0 bridgehead atoms. The van der Waals surface area contributed by atoms with Crippen molar-refractivity contribution >= 4 is 23.2 Å². The van der Waals surface area contributed by atoms with Gasteiger partial charge in [0.15, 0.2) is 0 Å². The molecule has 0 aliphatic rings. The minimum atomic E-state index is -1.22. The zero-order valence-electron chi connectivity index (χ0n) is 10.0. The van der Waals surface area contributed by atoms with Crippen LogP contribution in [0.1, 0.15) is 17.2 Å². The molecule has 0 saturated heterocycles. The summed E-state index contributed by atoms with van der Waals surface area (Å²) in [7, 11) is 1.46. The van der Waals surface area contributed by atoms with Gasteiger partial charge in [0.1, 0.15) is 17.7 Å². The summed E-state index contributed by atoms with van der Waals surface area (Å²) in [4.78, 5) is 0. The van der Waals surface area contributed by atoms with Crippen LogP contribution in [0.5, 0.6) is 5.75 Å². The van der Waals surface area contributed by atoms with Gasteiger partial charge in [-0.05, 0) is 24.3 Å². The normalized spacial score (nSPS) is 12.3. The molecule has 100 valence electrons. The van der Waals surface area contributed by atoms with E-state index in [4.69, 9.17) is 27.9 Å². The molecular weight excluding hydrogens is 290 g/mol. The molecule has 0 saturated carbocycles. The first-order valence-electron chi connectivity index (χ1n) is 5.50. The topological polar surface area (TPSA) is 29.5 Å². The standard InChI is InChI=1S/C14H11Cl2FO2/c1-19-12-4-2-3-10(16)13(12)14(18)9-6-5-8(15)7-11(9)17/h2-7,14,18H,1H3. The quantitative estimate of drug-likeness (QED) is 0.919. The van der Waals surface area contributed by atoms with Gasteiger partial charge in [0.25, 0.3) is 0 Å². The second kappa shape index (κ2) is 5.78. The number of halogens is 3. The highest BCUT2D eigenvalue weighted by molar-refractivity contribution is 6.31. The summed E-state index contributed by atoms with van der Waals surface area (Å²) in [6.45, 7) is 0. The number of benzene rings is 2. The van der Waals surface area contributed by atoms with E-state index >= 15 is 0 Å². The van der Waals surface area contributed by atoms with Crippen LogP contribution in [-0.4, -0.2) is 12.2 Å². The van der Waals surface area contributed by atoms with Crippen LogP contribution in [0.25, 0.3) is 0 Å². The molecule has 0 aliphatic carbocycles. The van der Waals surface area contributed by atoms with Crippen LogP contribution in [0.2, 0.25) is 10.0 Å². The summed E-state index contributed by atoms with van der Waals surface area (Å²) >= 11 is 11.7. The molecule has 2 nitrogen and oxygen atoms in total. The van der Waals surface area contributed by atoms with Crippen molar-refractivity contribution in [3.05, 3.63) is 63.4 Å². The first kappa shape index (κ1) is 14.1. The van der Waals surface area contributed by atoms with Gasteiger partial charge in [0.05, 0.1) is 12.1 Å². The van der Waals surface area contributed by atoms with Crippen molar-refractivity contribution in [2.75, 3.05) is 7.11 Å². The molecule has 0 amide bonds. The summed E-state index contributed by atoms with van der Waals surface area (Å²) in [6.07, 6.45) is -1.22. The molecule has 5 heteroatoms. The molecule has 2 rings (SSSR count). The van der Waals surface area contributed by atoms with E-state index in [2.05, 4.69) is 0 Å². The highest BCUT2D eigenvalue weighted by Gasteiger charge is 2.21. The second-order valence-corrected chi connectivity index (χ2v) is 4.77. The van der Waals surface area contributed by atoms with Crippen LogP contribution in [0, 0.1) is 5.82 Å². The first-order chi connectivity index (χ1) is 9.04. The predicted molar refractivity (Wildman–Crippen MR) is 73.5 cm³/mol. The van der Waals surface area contributed by atoms with E-state index in [0.29, 0.717) is 16.3 Å². The molecule has 1 N–H and O–H groups in total. The van der Waals surface area contributed by atoms with Gasteiger partial charge in [-0.25, -0.2) is 4.39 Å². The fourth-order valence-electron chi connectivity index (χ4n) is 1.84. The monoisotopic (exact) mass is 300 g/mol. The van der Waals surface area contributed by atoms with Crippen LogP contribution in [0.4, 0.5) is 4.39 Å². The number of hydrogen-bond acceptors (Lipinski definition) is 2. The third-order valence-electron chi connectivity index (χ3n) is 2.76. The van der Waals surface area contributed by atoms with Crippen LogP contribution >= 0.6 is 23.2 Å². The summed E-state index contributed by atoms with van der Waals surface area (Å²) in [5.41, 5.74) is 0.420. The average molecular weight is 301 g/mol. The van der Waals surface area contributed by atoms with Crippen LogP contribution in [0.3, 0.4) is 0 Å². The highest BCUT2D eigenvalue weighted by atomic mass is 35.5. The minimum absolute atomic E-state index is 0.0933. The van der Waals surface area contributed by atoms with Crippen molar-refractivity contribution in [1.82, 2.24) is 0 Å². The first-order valence-corrected chi connectivity index (χ1v) is 6.25. The lowest BCUT2D eigenvalue weighted by molar-refractivity contribution is 0.210. The number of rotatable bonds is 3. The van der Waals surface area contributed by atoms with Crippen LogP contribution in [-0.2, 0) is 0 Å². The molecule has 2 aromatic carbocycles. The Morgan fingerprint density at radius 1 is 1.21 bits per heavy atom. The van der Waals surface area contributed by atoms with E-state index in [9.17, 15) is 9.50 Å². The van der Waals surface area contributed by atoms with E-state index in [1.54, 1.807) is 18.2 Å². The Morgan fingerprint density at radius 2 is 1.95 bits per heavy atom. The fourth-order valence-corrected chi connectivity index (χ4v) is 2.27. The fraction of sp³-hybridized carbons (Fsp3) is 0.143. The van der Waals surface area contributed by atoms with Gasteiger partial charge in [0.2, 0.25) is 0 Å². The Morgan fingerprint density at radius 3 is 2.58 bits per heavy atom. The predicted octanol–water partition coefficient (Wildman–Crippen LogP) is 4.22. The molecule has 2 aromatic rings. The second-order valence-electron chi connectivity index (χ2n) is 3.92. The molecule has 0 spiro atoms. The third-order valence-corrected chi connectivity index (χ3v) is 3.33. The van der Waals surface area contributed by atoms with Crippen molar-refractivity contribution in [2.24, 2.45) is 0 Å². The Bertz CT molecular complexity index is 602. The molecule has 19 heavy (non-hydrogen) atoms. The summed E-state index contributed by atoms with van der Waals surface area (Å²) in [6, 6.07) is 9.02. The minimum Gasteiger partial charge on any atom is -0.496 e. The lowest BCUT2D eigenvalue weighted by Crippen LogP contribution is -2.05. The van der Waals surface area contributed by atoms with Crippen molar-refractivity contribution in [3.63, 3.8) is 0 Å². The van der Waals surface area contributed by atoms with Gasteiger partial charge in [-0.2, -0.15) is 0 Å². The number of aliphatic hydroxyl groups excluding tert-OH is 1. The largest absolute Gasteiger partial charge is 0.496 e. The SMILES string of the molecule is COc1cccc(Cl)c1C(O)c1ccc(Cl)cc1F. The third kappa shape index (κ3) is 2.84. The van der Waals surface area contributed by atoms with Crippen molar-refractivity contribution in [1.29, 1.82) is 0 Å². The van der Waals surface area contributed by atoms with Gasteiger partial charge < -0.3 is 9.84 Å². The lowest BCUT2D eigenvalue weighted by atomic mass is 10.00. The Kier molecular flexibility index (Phi) is 4.30. The Hall–Kier alpha value is -1.29. The van der Waals surface area contributed by atoms with Gasteiger partial charge >= 0.3 is 0 Å². The van der Waals surface area contributed by atoms with Crippen molar-refractivity contribution in [3.8, 4) is 5.75 Å². The van der Waals surface area contributed by atoms with Gasteiger partial charge in [0, 0.05) is 16.1 Å². The van der Waals surface area contributed by atoms with Crippen LogP contribution < -0.4 is 4.74 Å². The molecule has 0 radical (unpaired) electrons. The molecule has 1 atom stereocenters. The van der Waals surface area contributed by atoms with Gasteiger partial charge in [-0.15, -0.1) is 0 Å². The van der Waals surface area contributed by atoms with E-state index in [0.717, 1.165) is 6.07 Å². The Balaban J connectivity index is 2.52. The summed E-state index contributed by atoms with van der Waals surface area (Å²) < 4.78 is 19.0. The average Bonchev–Trinajstić information content (AvgIpc) is 2.37. The number of hydrogen-bond donors (Lipinski definition) is 1. The lowest BCUT2D eigenvalue weighted by Gasteiger charge is -2.17. The maximum Gasteiger partial charge on any atom is 0.130 e. The molecule has 0 aromatic heterocycles. The maximum atomic E-state index is 13.8. The highest BCUT2D eigenvalue weighted by Crippen LogP contribution is 2.36. The van der Waals surface area contributed by atoms with Crippen molar-refractivity contribution in [2.45, 2.75) is 6.10 Å². The number of aliphatic hydroxyl groups is 1. The van der Waals surface area contributed by atoms with E-state index in [-0.39, 0.29) is 10.6 Å². The molecule has 1 unspecified atom stereocenters. The van der Waals surface area contributed by atoms with E-state index in [1.807, 2.05) is 0 Å². The number of methoxy groups -OCH3 is 1. The Labute approximate surface area is 120 Å². The molecule has 0 aliphatic heterocycles. The zero-order valence-corrected chi connectivity index (χ0v) is 11.5. The van der Waals surface area contributed by atoms with Crippen LogP contribution in [0.15, 0.2) is 36.4 Å². The molecule has 0 heterocycles. The maximum absolute atomic E-state index is 13.8.